The van der Waals surface area contributed by atoms with Crippen LogP contribution in [0.25, 0.3) is 0 Å². The molecule has 1 amide bonds. The van der Waals surface area contributed by atoms with Crippen LogP contribution in [0.1, 0.15) is 46.5 Å². The lowest BCUT2D eigenvalue weighted by Gasteiger charge is -2.46. The lowest BCUT2D eigenvalue weighted by atomic mass is 9.66. The maximum atomic E-state index is 12.8. The highest BCUT2D eigenvalue weighted by molar-refractivity contribution is 6.06. The molecule has 0 atom stereocenters. The Morgan fingerprint density at radius 1 is 1.04 bits per heavy atom. The summed E-state index contributed by atoms with van der Waals surface area (Å²) in [4.78, 5) is 12.8. The van der Waals surface area contributed by atoms with Crippen LogP contribution in [0.2, 0.25) is 0 Å². The van der Waals surface area contributed by atoms with E-state index in [9.17, 15) is 4.79 Å². The second kappa shape index (κ2) is 5.30. The van der Waals surface area contributed by atoms with E-state index < -0.39 is 5.54 Å². The van der Waals surface area contributed by atoms with Crippen LogP contribution < -0.4 is 20.1 Å². The minimum Gasteiger partial charge on any atom is -0.486 e. The standard InChI is InChI=1S/C19H26N2O3/c1-18(2,3)12-4-6-19(7-5-12)17(22)20-13-10-15-16(11-14(13)21-19)24-9-8-23-15/h10-12,21H,4-9H2,1-3H3,(H,20,22). The van der Waals surface area contributed by atoms with Crippen molar-refractivity contribution in [3.63, 3.8) is 0 Å². The Balaban J connectivity index is 1.59. The van der Waals surface area contributed by atoms with Crippen molar-refractivity contribution in [1.29, 1.82) is 0 Å². The molecule has 1 aromatic rings. The summed E-state index contributed by atoms with van der Waals surface area (Å²) in [5.74, 6) is 2.20. The summed E-state index contributed by atoms with van der Waals surface area (Å²) in [6, 6.07) is 3.82. The van der Waals surface area contributed by atoms with Gasteiger partial charge in [-0.3, -0.25) is 4.79 Å². The quantitative estimate of drug-likeness (QED) is 0.760. The van der Waals surface area contributed by atoms with Gasteiger partial charge in [-0.15, -0.1) is 0 Å². The predicted molar refractivity (Wildman–Crippen MR) is 93.8 cm³/mol. The highest BCUT2D eigenvalue weighted by Crippen LogP contribution is 2.47. The lowest BCUT2D eigenvalue weighted by molar-refractivity contribution is -0.122. The molecule has 0 radical (unpaired) electrons. The molecule has 2 aliphatic heterocycles. The maximum absolute atomic E-state index is 12.8. The summed E-state index contributed by atoms with van der Waals surface area (Å²) in [7, 11) is 0. The summed E-state index contributed by atoms with van der Waals surface area (Å²) in [6.07, 6.45) is 3.89. The Morgan fingerprint density at radius 3 is 2.21 bits per heavy atom. The fourth-order valence-electron chi connectivity index (χ4n) is 4.18. The molecule has 1 fully saturated rings. The van der Waals surface area contributed by atoms with Crippen molar-refractivity contribution in [2.45, 2.75) is 52.0 Å². The van der Waals surface area contributed by atoms with Crippen LogP contribution in [0.4, 0.5) is 11.4 Å². The number of hydrogen-bond acceptors (Lipinski definition) is 4. The molecule has 1 aliphatic carbocycles. The Labute approximate surface area is 143 Å². The van der Waals surface area contributed by atoms with Gasteiger partial charge in [-0.1, -0.05) is 20.8 Å². The van der Waals surface area contributed by atoms with E-state index in [2.05, 4.69) is 31.4 Å². The van der Waals surface area contributed by atoms with Gasteiger partial charge in [0.2, 0.25) is 5.91 Å². The van der Waals surface area contributed by atoms with Gasteiger partial charge in [0.1, 0.15) is 18.8 Å². The van der Waals surface area contributed by atoms with Gasteiger partial charge in [0.05, 0.1) is 11.4 Å². The molecule has 1 spiro atoms. The first kappa shape index (κ1) is 15.6. The van der Waals surface area contributed by atoms with E-state index in [4.69, 9.17) is 9.47 Å². The average Bonchev–Trinajstić information content (AvgIpc) is 2.54. The molecule has 0 bridgehead atoms. The van der Waals surface area contributed by atoms with Gasteiger partial charge in [0.25, 0.3) is 0 Å². The fourth-order valence-corrected chi connectivity index (χ4v) is 4.18. The molecule has 130 valence electrons. The molecule has 1 aromatic carbocycles. The summed E-state index contributed by atoms with van der Waals surface area (Å²) >= 11 is 0. The number of rotatable bonds is 0. The first-order chi connectivity index (χ1) is 11.4. The number of fused-ring (bicyclic) bond motifs is 2. The number of anilines is 2. The van der Waals surface area contributed by atoms with Crippen molar-refractivity contribution in [3.05, 3.63) is 12.1 Å². The van der Waals surface area contributed by atoms with E-state index in [1.54, 1.807) is 0 Å². The predicted octanol–water partition coefficient (Wildman–Crippen LogP) is 3.80. The van der Waals surface area contributed by atoms with E-state index in [0.29, 0.717) is 30.3 Å². The molecule has 3 aliphatic rings. The summed E-state index contributed by atoms with van der Waals surface area (Å²) in [5, 5.41) is 6.62. The third-order valence-corrected chi connectivity index (χ3v) is 5.80. The van der Waals surface area contributed by atoms with E-state index >= 15 is 0 Å². The summed E-state index contributed by atoms with van der Waals surface area (Å²) in [6.45, 7) is 8.00. The van der Waals surface area contributed by atoms with Crippen LogP contribution in [0.15, 0.2) is 12.1 Å². The number of hydrogen-bond donors (Lipinski definition) is 2. The first-order valence-corrected chi connectivity index (χ1v) is 8.91. The zero-order chi connectivity index (χ0) is 16.9. The van der Waals surface area contributed by atoms with Crippen LogP contribution >= 0.6 is 0 Å². The molecule has 4 rings (SSSR count). The number of ether oxygens (including phenoxy) is 2. The van der Waals surface area contributed by atoms with Crippen LogP contribution in [0.3, 0.4) is 0 Å². The largest absolute Gasteiger partial charge is 0.486 e. The Hall–Kier alpha value is -1.91. The molecule has 24 heavy (non-hydrogen) atoms. The maximum Gasteiger partial charge on any atom is 0.250 e. The van der Waals surface area contributed by atoms with Crippen LogP contribution in [-0.4, -0.2) is 24.7 Å². The second-order valence-electron chi connectivity index (χ2n) is 8.34. The van der Waals surface area contributed by atoms with E-state index in [0.717, 1.165) is 42.8 Å². The zero-order valence-corrected chi connectivity index (χ0v) is 14.7. The minimum atomic E-state index is -0.488. The fraction of sp³-hybridized carbons (Fsp3) is 0.632. The third-order valence-electron chi connectivity index (χ3n) is 5.80. The smallest absolute Gasteiger partial charge is 0.250 e. The van der Waals surface area contributed by atoms with Gasteiger partial charge in [-0.2, -0.15) is 0 Å². The molecule has 0 aromatic heterocycles. The first-order valence-electron chi connectivity index (χ1n) is 8.91. The van der Waals surface area contributed by atoms with Gasteiger partial charge in [0.15, 0.2) is 11.5 Å². The normalized spacial score (nSPS) is 28.8. The van der Waals surface area contributed by atoms with Gasteiger partial charge in [0, 0.05) is 12.1 Å². The van der Waals surface area contributed by atoms with Crippen LogP contribution in [0.5, 0.6) is 11.5 Å². The molecule has 0 saturated heterocycles. The highest BCUT2D eigenvalue weighted by atomic mass is 16.6. The molecule has 2 N–H and O–H groups in total. The summed E-state index contributed by atoms with van der Waals surface area (Å²) < 4.78 is 11.3. The van der Waals surface area contributed by atoms with Crippen LogP contribution in [-0.2, 0) is 4.79 Å². The van der Waals surface area contributed by atoms with Crippen molar-refractivity contribution in [3.8, 4) is 11.5 Å². The van der Waals surface area contributed by atoms with Crippen molar-refractivity contribution in [2.75, 3.05) is 23.8 Å². The number of benzene rings is 1. The van der Waals surface area contributed by atoms with Crippen LogP contribution in [0, 0.1) is 11.3 Å². The average molecular weight is 330 g/mol. The molecule has 2 heterocycles. The van der Waals surface area contributed by atoms with Crippen molar-refractivity contribution >= 4 is 17.3 Å². The third kappa shape index (κ3) is 2.50. The van der Waals surface area contributed by atoms with Gasteiger partial charge in [-0.25, -0.2) is 0 Å². The lowest BCUT2D eigenvalue weighted by Crippen LogP contribution is -2.55. The van der Waals surface area contributed by atoms with Crippen molar-refractivity contribution < 1.29 is 14.3 Å². The van der Waals surface area contributed by atoms with Gasteiger partial charge < -0.3 is 20.1 Å². The molecular weight excluding hydrogens is 304 g/mol. The second-order valence-corrected chi connectivity index (χ2v) is 8.34. The molecule has 0 unspecified atom stereocenters. The number of carbonyl (C=O) groups is 1. The van der Waals surface area contributed by atoms with Crippen molar-refractivity contribution in [1.82, 2.24) is 0 Å². The minimum absolute atomic E-state index is 0.0824. The van der Waals surface area contributed by atoms with E-state index in [-0.39, 0.29) is 5.91 Å². The molecular formula is C19H26N2O3. The Morgan fingerprint density at radius 2 is 1.62 bits per heavy atom. The van der Waals surface area contributed by atoms with Crippen molar-refractivity contribution in [2.24, 2.45) is 11.3 Å². The van der Waals surface area contributed by atoms with Gasteiger partial charge in [-0.05, 0) is 37.0 Å². The van der Waals surface area contributed by atoms with E-state index in [1.807, 2.05) is 12.1 Å². The summed E-state index contributed by atoms with van der Waals surface area (Å²) in [5.41, 5.74) is 1.54. The molecule has 5 nitrogen and oxygen atoms in total. The molecule has 1 saturated carbocycles. The Bertz CT molecular complexity index is 670. The zero-order valence-electron chi connectivity index (χ0n) is 14.7. The SMILES string of the molecule is CC(C)(C)C1CCC2(CC1)Nc1cc3c(cc1NC2=O)OCCO3. The molecule has 5 heteroatoms. The number of nitrogens with one attached hydrogen (secondary N) is 2. The highest BCUT2D eigenvalue weighted by Gasteiger charge is 2.46. The number of carbonyl (C=O) groups excluding carboxylic acids is 1. The van der Waals surface area contributed by atoms with E-state index in [1.165, 1.54) is 0 Å². The Kier molecular flexibility index (Phi) is 3.44. The van der Waals surface area contributed by atoms with Gasteiger partial charge >= 0.3 is 0 Å². The monoisotopic (exact) mass is 330 g/mol. The topological polar surface area (TPSA) is 59.6 Å². The number of amides is 1.